The van der Waals surface area contributed by atoms with E-state index in [0.29, 0.717) is 0 Å². The van der Waals surface area contributed by atoms with Crippen LogP contribution in [-0.4, -0.2) is 18.5 Å². The Bertz CT molecular complexity index is 143. The van der Waals surface area contributed by atoms with E-state index in [4.69, 9.17) is 9.47 Å². The van der Waals surface area contributed by atoms with Gasteiger partial charge in [-0.3, -0.25) is 0 Å². The van der Waals surface area contributed by atoms with E-state index in [1.165, 1.54) is 25.7 Å². The first-order chi connectivity index (χ1) is 6.14. The molecule has 0 radical (unpaired) electrons. The Balaban J connectivity index is 2.04. The van der Waals surface area contributed by atoms with Crippen molar-refractivity contribution in [1.82, 2.24) is 0 Å². The van der Waals surface area contributed by atoms with Gasteiger partial charge in [-0.05, 0) is 26.7 Å². The first-order valence-corrected chi connectivity index (χ1v) is 5.43. The largest absolute Gasteiger partial charge is 0.350 e. The molecule has 13 heavy (non-hydrogen) atoms. The van der Waals surface area contributed by atoms with Crippen LogP contribution in [0.5, 0.6) is 0 Å². The highest BCUT2D eigenvalue weighted by molar-refractivity contribution is 4.74. The van der Waals surface area contributed by atoms with E-state index < -0.39 is 0 Å². The van der Waals surface area contributed by atoms with Crippen LogP contribution in [-0.2, 0) is 9.47 Å². The standard InChI is InChI=1S/C11H22O2/c1-4-5-6-7-8-10-12-9-11(2,3)13-10/h10H,4-9H2,1-3H3. The summed E-state index contributed by atoms with van der Waals surface area (Å²) in [7, 11) is 0. The van der Waals surface area contributed by atoms with Gasteiger partial charge in [0.15, 0.2) is 6.29 Å². The van der Waals surface area contributed by atoms with Crippen LogP contribution in [0.4, 0.5) is 0 Å². The topological polar surface area (TPSA) is 18.5 Å². The summed E-state index contributed by atoms with van der Waals surface area (Å²) in [5, 5.41) is 0. The van der Waals surface area contributed by atoms with Gasteiger partial charge in [-0.1, -0.05) is 26.2 Å². The first kappa shape index (κ1) is 11.0. The van der Waals surface area contributed by atoms with Crippen LogP contribution in [0.25, 0.3) is 0 Å². The molecule has 0 aliphatic carbocycles. The zero-order valence-corrected chi connectivity index (χ0v) is 9.14. The highest BCUT2D eigenvalue weighted by Gasteiger charge is 2.31. The maximum Gasteiger partial charge on any atom is 0.158 e. The molecule has 1 aliphatic rings. The molecule has 1 fully saturated rings. The molecule has 78 valence electrons. The minimum absolute atomic E-state index is 0.0601. The molecule has 1 rings (SSSR count). The van der Waals surface area contributed by atoms with Gasteiger partial charge in [0.25, 0.3) is 0 Å². The molecule has 0 amide bonds. The van der Waals surface area contributed by atoms with Crippen LogP contribution in [0, 0.1) is 0 Å². The van der Waals surface area contributed by atoms with E-state index in [9.17, 15) is 0 Å². The lowest BCUT2D eigenvalue weighted by Gasteiger charge is -2.15. The lowest BCUT2D eigenvalue weighted by molar-refractivity contribution is -0.0831. The molecule has 0 aromatic carbocycles. The number of hydrogen-bond acceptors (Lipinski definition) is 2. The fourth-order valence-electron chi connectivity index (χ4n) is 1.60. The molecule has 1 unspecified atom stereocenters. The zero-order chi connectivity index (χ0) is 9.73. The Morgan fingerprint density at radius 3 is 2.54 bits per heavy atom. The molecule has 0 N–H and O–H groups in total. The van der Waals surface area contributed by atoms with Crippen LogP contribution in [0.3, 0.4) is 0 Å². The predicted molar refractivity (Wildman–Crippen MR) is 53.7 cm³/mol. The lowest BCUT2D eigenvalue weighted by Crippen LogP contribution is -2.22. The SMILES string of the molecule is CCCCCCC1OCC(C)(C)O1. The highest BCUT2D eigenvalue weighted by Crippen LogP contribution is 2.25. The van der Waals surface area contributed by atoms with Crippen LogP contribution in [0.15, 0.2) is 0 Å². The maximum absolute atomic E-state index is 5.71. The van der Waals surface area contributed by atoms with Crippen molar-refractivity contribution >= 4 is 0 Å². The molecule has 0 aromatic heterocycles. The van der Waals surface area contributed by atoms with E-state index in [2.05, 4.69) is 20.8 Å². The van der Waals surface area contributed by atoms with Gasteiger partial charge in [-0.15, -0.1) is 0 Å². The van der Waals surface area contributed by atoms with Crippen LogP contribution in [0.1, 0.15) is 52.9 Å². The van der Waals surface area contributed by atoms with E-state index in [1.54, 1.807) is 0 Å². The minimum Gasteiger partial charge on any atom is -0.350 e. The lowest BCUT2D eigenvalue weighted by atomic mass is 10.1. The first-order valence-electron chi connectivity index (χ1n) is 5.43. The summed E-state index contributed by atoms with van der Waals surface area (Å²) in [6.45, 7) is 7.13. The molecule has 0 bridgehead atoms. The Labute approximate surface area is 81.6 Å². The van der Waals surface area contributed by atoms with Crippen LogP contribution < -0.4 is 0 Å². The van der Waals surface area contributed by atoms with Gasteiger partial charge < -0.3 is 9.47 Å². The molecule has 1 heterocycles. The van der Waals surface area contributed by atoms with Crippen molar-refractivity contribution < 1.29 is 9.47 Å². The van der Waals surface area contributed by atoms with Crippen LogP contribution in [0.2, 0.25) is 0 Å². The third-order valence-corrected chi connectivity index (χ3v) is 2.36. The normalized spacial score (nSPS) is 26.5. The quantitative estimate of drug-likeness (QED) is 0.614. The summed E-state index contributed by atoms with van der Waals surface area (Å²) in [4.78, 5) is 0. The fourth-order valence-corrected chi connectivity index (χ4v) is 1.60. The van der Waals surface area contributed by atoms with Crippen molar-refractivity contribution in [3.8, 4) is 0 Å². The van der Waals surface area contributed by atoms with Crippen molar-refractivity contribution in [2.45, 2.75) is 64.8 Å². The molecule has 0 spiro atoms. The molecule has 1 atom stereocenters. The van der Waals surface area contributed by atoms with E-state index >= 15 is 0 Å². The maximum atomic E-state index is 5.71. The highest BCUT2D eigenvalue weighted by atomic mass is 16.7. The van der Waals surface area contributed by atoms with Crippen molar-refractivity contribution in [2.24, 2.45) is 0 Å². The molecular formula is C11H22O2. The third kappa shape index (κ3) is 4.10. The summed E-state index contributed by atoms with van der Waals surface area (Å²) >= 11 is 0. The summed E-state index contributed by atoms with van der Waals surface area (Å²) in [5.41, 5.74) is -0.0601. The number of hydrogen-bond donors (Lipinski definition) is 0. The molecule has 2 heteroatoms. The molecule has 1 aliphatic heterocycles. The smallest absolute Gasteiger partial charge is 0.158 e. The molecule has 0 aromatic rings. The number of unbranched alkanes of at least 4 members (excludes halogenated alkanes) is 3. The molecule has 2 nitrogen and oxygen atoms in total. The van der Waals surface area contributed by atoms with E-state index in [1.807, 2.05) is 0 Å². The third-order valence-electron chi connectivity index (χ3n) is 2.36. The Morgan fingerprint density at radius 1 is 1.23 bits per heavy atom. The Kier molecular flexibility index (Phi) is 4.20. The Hall–Kier alpha value is -0.0800. The van der Waals surface area contributed by atoms with Crippen molar-refractivity contribution in [3.05, 3.63) is 0 Å². The van der Waals surface area contributed by atoms with Gasteiger partial charge in [0.1, 0.15) is 0 Å². The van der Waals surface area contributed by atoms with E-state index in [-0.39, 0.29) is 11.9 Å². The average molecular weight is 186 g/mol. The fraction of sp³-hybridized carbons (Fsp3) is 1.00. The summed E-state index contributed by atoms with van der Waals surface area (Å²) in [5.74, 6) is 0. The van der Waals surface area contributed by atoms with Crippen molar-refractivity contribution in [1.29, 1.82) is 0 Å². The summed E-state index contributed by atoms with van der Waals surface area (Å²) < 4.78 is 11.2. The number of rotatable bonds is 5. The van der Waals surface area contributed by atoms with Gasteiger partial charge >= 0.3 is 0 Å². The minimum atomic E-state index is -0.0601. The van der Waals surface area contributed by atoms with Gasteiger partial charge in [0.05, 0.1) is 12.2 Å². The summed E-state index contributed by atoms with van der Waals surface area (Å²) in [6, 6.07) is 0. The van der Waals surface area contributed by atoms with Gasteiger partial charge in [0, 0.05) is 0 Å². The van der Waals surface area contributed by atoms with Crippen molar-refractivity contribution in [3.63, 3.8) is 0 Å². The predicted octanol–water partition coefficient (Wildman–Crippen LogP) is 3.11. The molecular weight excluding hydrogens is 164 g/mol. The second-order valence-corrected chi connectivity index (χ2v) is 4.47. The van der Waals surface area contributed by atoms with Crippen molar-refractivity contribution in [2.75, 3.05) is 6.61 Å². The second-order valence-electron chi connectivity index (χ2n) is 4.47. The van der Waals surface area contributed by atoms with Gasteiger partial charge in [0.2, 0.25) is 0 Å². The number of ether oxygens (including phenoxy) is 2. The summed E-state index contributed by atoms with van der Waals surface area (Å²) in [6.07, 6.45) is 6.28. The average Bonchev–Trinajstić information content (AvgIpc) is 2.40. The zero-order valence-electron chi connectivity index (χ0n) is 9.14. The van der Waals surface area contributed by atoms with Gasteiger partial charge in [-0.25, -0.2) is 0 Å². The molecule has 1 saturated heterocycles. The van der Waals surface area contributed by atoms with Crippen LogP contribution >= 0.6 is 0 Å². The second kappa shape index (κ2) is 4.97. The Morgan fingerprint density at radius 2 is 2.00 bits per heavy atom. The monoisotopic (exact) mass is 186 g/mol. The van der Waals surface area contributed by atoms with Gasteiger partial charge in [-0.2, -0.15) is 0 Å². The van der Waals surface area contributed by atoms with E-state index in [0.717, 1.165) is 13.0 Å². The molecule has 0 saturated carbocycles.